The predicted molar refractivity (Wildman–Crippen MR) is 90.2 cm³/mol. The molecule has 1 aromatic rings. The van der Waals surface area contributed by atoms with Crippen LogP contribution in [0.25, 0.3) is 0 Å². The molecule has 3 atom stereocenters. The van der Waals surface area contributed by atoms with E-state index in [0.29, 0.717) is 0 Å². The molecule has 0 amide bonds. The summed E-state index contributed by atoms with van der Waals surface area (Å²) < 4.78 is 41.3. The van der Waals surface area contributed by atoms with E-state index in [1.807, 2.05) is 13.8 Å². The molecular weight excluding hydrogens is 332 g/mol. The Kier molecular flexibility index (Phi) is 7.86. The fourth-order valence-electron chi connectivity index (χ4n) is 2.77. The summed E-state index contributed by atoms with van der Waals surface area (Å²) in [4.78, 5) is 12.4. The van der Waals surface area contributed by atoms with E-state index >= 15 is 0 Å². The van der Waals surface area contributed by atoms with Crippen molar-refractivity contribution < 1.29 is 27.4 Å². The van der Waals surface area contributed by atoms with Crippen LogP contribution in [0, 0.1) is 11.8 Å². The van der Waals surface area contributed by atoms with Gasteiger partial charge < -0.3 is 14.2 Å². The Bertz CT molecular complexity index is 611. The van der Waals surface area contributed by atoms with Crippen LogP contribution in [0.2, 0.25) is 0 Å². The van der Waals surface area contributed by atoms with Gasteiger partial charge in [0.1, 0.15) is 6.79 Å². The van der Waals surface area contributed by atoms with Gasteiger partial charge in [-0.15, -0.1) is 0 Å². The van der Waals surface area contributed by atoms with Crippen LogP contribution in [-0.4, -0.2) is 46.8 Å². The van der Waals surface area contributed by atoms with Crippen molar-refractivity contribution in [3.63, 3.8) is 0 Å². The summed E-state index contributed by atoms with van der Waals surface area (Å²) in [5.41, 5.74) is 0. The number of hydrogen-bond donors (Lipinski definition) is 0. The molecule has 0 heterocycles. The number of methoxy groups -OCH3 is 2. The second kappa shape index (κ2) is 9.15. The minimum atomic E-state index is -3.91. The Labute approximate surface area is 144 Å². The van der Waals surface area contributed by atoms with Crippen molar-refractivity contribution in [1.29, 1.82) is 0 Å². The molecule has 0 aromatic heterocycles. The molecule has 7 heteroatoms. The highest BCUT2D eigenvalue weighted by Gasteiger charge is 2.43. The number of carbonyl (C=O) groups is 1. The minimum Gasteiger partial charge on any atom is -0.468 e. The zero-order valence-electron chi connectivity index (χ0n) is 14.8. The fraction of sp³-hybridized carbons (Fsp3) is 0.588. The Morgan fingerprint density at radius 1 is 1.08 bits per heavy atom. The second-order valence-corrected chi connectivity index (χ2v) is 8.01. The van der Waals surface area contributed by atoms with Crippen LogP contribution < -0.4 is 0 Å². The minimum absolute atomic E-state index is 0.00622. The first kappa shape index (κ1) is 20.6. The summed E-state index contributed by atoms with van der Waals surface area (Å²) in [6, 6.07) is 7.89. The Morgan fingerprint density at radius 2 is 1.67 bits per heavy atom. The maximum absolute atomic E-state index is 13.0. The smallest absolute Gasteiger partial charge is 0.324 e. The molecule has 0 N–H and O–H groups in total. The lowest BCUT2D eigenvalue weighted by atomic mass is 9.91. The van der Waals surface area contributed by atoms with Gasteiger partial charge in [-0.05, 0) is 18.1 Å². The zero-order chi connectivity index (χ0) is 18.3. The van der Waals surface area contributed by atoms with Crippen molar-refractivity contribution in [3.8, 4) is 0 Å². The highest BCUT2D eigenvalue weighted by molar-refractivity contribution is 7.92. The van der Waals surface area contributed by atoms with E-state index in [4.69, 9.17) is 14.2 Å². The van der Waals surface area contributed by atoms with Crippen LogP contribution in [0.1, 0.15) is 20.8 Å². The van der Waals surface area contributed by atoms with Gasteiger partial charge in [0.05, 0.1) is 18.1 Å². The topological polar surface area (TPSA) is 78.9 Å². The summed E-state index contributed by atoms with van der Waals surface area (Å²) in [6.07, 6.45) is -0.479. The molecule has 0 radical (unpaired) electrons. The molecule has 1 aromatic carbocycles. The molecular formula is C17H26O6S. The highest BCUT2D eigenvalue weighted by Crippen LogP contribution is 2.29. The number of carbonyl (C=O) groups excluding carboxylic acids is 1. The molecule has 0 aliphatic carbocycles. The summed E-state index contributed by atoms with van der Waals surface area (Å²) in [7, 11) is -1.24. The third kappa shape index (κ3) is 4.78. The third-order valence-electron chi connectivity index (χ3n) is 3.87. The van der Waals surface area contributed by atoms with Gasteiger partial charge in [-0.25, -0.2) is 8.42 Å². The van der Waals surface area contributed by atoms with E-state index in [9.17, 15) is 13.2 Å². The van der Waals surface area contributed by atoms with Crippen molar-refractivity contribution >= 4 is 15.8 Å². The van der Waals surface area contributed by atoms with Crippen LogP contribution in [0.15, 0.2) is 35.2 Å². The molecule has 24 heavy (non-hydrogen) atoms. The predicted octanol–water partition coefficient (Wildman–Crippen LogP) is 2.28. The third-order valence-corrected chi connectivity index (χ3v) is 6.09. The van der Waals surface area contributed by atoms with Crippen molar-refractivity contribution in [2.45, 2.75) is 37.0 Å². The van der Waals surface area contributed by atoms with E-state index in [1.54, 1.807) is 25.1 Å². The summed E-state index contributed by atoms with van der Waals surface area (Å²) in [5.74, 6) is -1.41. The maximum Gasteiger partial charge on any atom is 0.324 e. The van der Waals surface area contributed by atoms with E-state index in [0.717, 1.165) is 0 Å². The number of ether oxygens (including phenoxy) is 3. The van der Waals surface area contributed by atoms with E-state index < -0.39 is 33.1 Å². The van der Waals surface area contributed by atoms with Crippen molar-refractivity contribution in [2.75, 3.05) is 21.0 Å². The zero-order valence-corrected chi connectivity index (χ0v) is 15.6. The van der Waals surface area contributed by atoms with Crippen LogP contribution in [0.3, 0.4) is 0 Å². The summed E-state index contributed by atoms with van der Waals surface area (Å²) in [6.45, 7) is 5.51. The number of rotatable bonds is 9. The summed E-state index contributed by atoms with van der Waals surface area (Å²) >= 11 is 0. The van der Waals surface area contributed by atoms with Gasteiger partial charge in [-0.1, -0.05) is 39.0 Å². The quantitative estimate of drug-likeness (QED) is 0.498. The average Bonchev–Trinajstić information content (AvgIpc) is 2.55. The molecule has 0 spiro atoms. The first-order valence-corrected chi connectivity index (χ1v) is 9.29. The molecule has 0 saturated heterocycles. The SMILES string of the molecule is COCO[C@@H](C(C)C)[C@@H](C)C(C(=O)OC)S(=O)(=O)c1ccccc1. The van der Waals surface area contributed by atoms with E-state index in [2.05, 4.69) is 0 Å². The number of esters is 1. The van der Waals surface area contributed by atoms with Gasteiger partial charge >= 0.3 is 5.97 Å². The Hall–Kier alpha value is -1.44. The van der Waals surface area contributed by atoms with Gasteiger partial charge in [-0.3, -0.25) is 4.79 Å². The van der Waals surface area contributed by atoms with E-state index in [-0.39, 0.29) is 17.6 Å². The largest absolute Gasteiger partial charge is 0.468 e. The van der Waals surface area contributed by atoms with Crippen LogP contribution in [0.5, 0.6) is 0 Å². The molecule has 1 unspecified atom stereocenters. The molecule has 0 bridgehead atoms. The Morgan fingerprint density at radius 3 is 2.12 bits per heavy atom. The van der Waals surface area contributed by atoms with Crippen molar-refractivity contribution in [2.24, 2.45) is 11.8 Å². The number of benzene rings is 1. The summed E-state index contributed by atoms with van der Waals surface area (Å²) in [5, 5.41) is -1.35. The lowest BCUT2D eigenvalue weighted by Crippen LogP contribution is -2.45. The number of hydrogen-bond acceptors (Lipinski definition) is 6. The average molecular weight is 358 g/mol. The molecule has 1 rings (SSSR count). The number of sulfone groups is 1. The van der Waals surface area contributed by atoms with Crippen LogP contribution in [-0.2, 0) is 28.8 Å². The van der Waals surface area contributed by atoms with Gasteiger partial charge in [0.15, 0.2) is 15.1 Å². The normalized spacial score (nSPS) is 15.8. The maximum atomic E-state index is 13.0. The lowest BCUT2D eigenvalue weighted by molar-refractivity contribution is -0.145. The van der Waals surface area contributed by atoms with Crippen molar-refractivity contribution in [3.05, 3.63) is 30.3 Å². The standard InChI is InChI=1S/C17H26O6S/c1-12(2)15(23-11-21-4)13(3)16(17(18)22-5)24(19,20)14-9-7-6-8-10-14/h6-10,12-13,15-16H,11H2,1-5H3/t13-,15+,16?/m1/s1. The van der Waals surface area contributed by atoms with Gasteiger partial charge in [0, 0.05) is 13.0 Å². The van der Waals surface area contributed by atoms with Crippen molar-refractivity contribution in [1.82, 2.24) is 0 Å². The lowest BCUT2D eigenvalue weighted by Gasteiger charge is -2.31. The van der Waals surface area contributed by atoms with Gasteiger partial charge in [0.2, 0.25) is 0 Å². The monoisotopic (exact) mass is 358 g/mol. The van der Waals surface area contributed by atoms with E-state index in [1.165, 1.54) is 26.4 Å². The van der Waals surface area contributed by atoms with Crippen LogP contribution >= 0.6 is 0 Å². The van der Waals surface area contributed by atoms with Gasteiger partial charge in [0.25, 0.3) is 0 Å². The molecule has 0 fully saturated rings. The van der Waals surface area contributed by atoms with Crippen LogP contribution in [0.4, 0.5) is 0 Å². The molecule has 0 saturated carbocycles. The molecule has 136 valence electrons. The highest BCUT2D eigenvalue weighted by atomic mass is 32.2. The molecule has 0 aliphatic rings. The first-order valence-electron chi connectivity index (χ1n) is 7.74. The molecule has 6 nitrogen and oxygen atoms in total. The molecule has 0 aliphatic heterocycles. The first-order chi connectivity index (χ1) is 11.3. The van der Waals surface area contributed by atoms with Gasteiger partial charge in [-0.2, -0.15) is 0 Å². The second-order valence-electron chi connectivity index (χ2n) is 5.94. The fourth-order valence-corrected chi connectivity index (χ4v) is 4.67. The Balaban J connectivity index is 3.28.